The topological polar surface area (TPSA) is 109 Å². The molecule has 232 valence electrons. The number of aromatic nitrogens is 1. The number of phenols is 2. The van der Waals surface area contributed by atoms with E-state index in [2.05, 4.69) is 19.8 Å². The fourth-order valence-corrected chi connectivity index (χ4v) is 4.98. The second kappa shape index (κ2) is 17.8. The summed E-state index contributed by atoms with van der Waals surface area (Å²) in [6, 6.07) is 20.5. The van der Waals surface area contributed by atoms with Gasteiger partial charge in [-0.05, 0) is 76.2 Å². The van der Waals surface area contributed by atoms with E-state index < -0.39 is 0 Å². The van der Waals surface area contributed by atoms with E-state index in [1.54, 1.807) is 24.6 Å². The van der Waals surface area contributed by atoms with Gasteiger partial charge in [0.15, 0.2) is 0 Å². The molecule has 2 heterocycles. The number of aliphatic imine (C=N–C) groups is 4. The number of rotatable bonds is 8. The summed E-state index contributed by atoms with van der Waals surface area (Å²) in [7, 11) is 0. The minimum atomic E-state index is 0.244. The number of benzene rings is 2. The number of hydrogen-bond acceptors (Lipinski definition) is 9. The molecule has 3 aromatic rings. The number of nitrogens with zero attached hydrogens (tertiary/aromatic N) is 7. The van der Waals surface area contributed by atoms with E-state index in [0.717, 1.165) is 86.0 Å². The van der Waals surface area contributed by atoms with Crippen LogP contribution < -0.4 is 0 Å². The molecule has 0 aliphatic carbocycles. The quantitative estimate of drug-likeness (QED) is 0.366. The van der Waals surface area contributed by atoms with Gasteiger partial charge in [-0.3, -0.25) is 29.8 Å². The van der Waals surface area contributed by atoms with Gasteiger partial charge in [0.25, 0.3) is 0 Å². The molecule has 0 fully saturated rings. The van der Waals surface area contributed by atoms with Crippen LogP contribution in [0.5, 0.6) is 11.5 Å². The molecule has 1 aliphatic rings. The van der Waals surface area contributed by atoms with Crippen molar-refractivity contribution in [2.45, 2.75) is 26.7 Å². The standard InChI is InChI=1S/C35H45N7O2/c1-28-32-12-9-13-33(40-32)29(2)39-19-25-42(23-17-37-27-31-11-4-6-15-35(31)44)21-8-7-20-41(24-18-38-28)22-16-36-26-30-10-3-5-14-34(30)43/h3-6,9-15,26-27,43-44H,7-8,16-25H2,1-2H3. The maximum Gasteiger partial charge on any atom is 0.124 e. The highest BCUT2D eigenvalue weighted by Gasteiger charge is 2.10. The van der Waals surface area contributed by atoms with E-state index in [9.17, 15) is 10.2 Å². The zero-order chi connectivity index (χ0) is 31.0. The molecule has 0 saturated heterocycles. The largest absolute Gasteiger partial charge is 0.507 e. The normalized spacial score (nSPS) is 16.6. The Hall–Kier alpha value is -4.21. The predicted octanol–water partition coefficient (Wildman–Crippen LogP) is 4.75. The van der Waals surface area contributed by atoms with Crippen LogP contribution in [0.2, 0.25) is 0 Å². The third-order valence-corrected chi connectivity index (χ3v) is 7.64. The number of pyridine rings is 1. The number of fused-ring (bicyclic) bond motifs is 2. The van der Waals surface area contributed by atoms with Crippen molar-refractivity contribution in [1.29, 1.82) is 0 Å². The predicted molar refractivity (Wildman–Crippen MR) is 182 cm³/mol. The highest BCUT2D eigenvalue weighted by atomic mass is 16.3. The SMILES string of the molecule is CC1=NCCN(CCN=Cc2ccccc2O)CCCCN(CCN=Cc2ccccc2O)CCN=C(C)c2cccc1n2. The minimum absolute atomic E-state index is 0.244. The van der Waals surface area contributed by atoms with Gasteiger partial charge in [0.05, 0.1) is 49.0 Å². The molecule has 2 bridgehead atoms. The molecule has 1 aliphatic heterocycles. The average Bonchev–Trinajstić information content (AvgIpc) is 3.03. The number of phenolic OH excluding ortho intramolecular Hbond substituents is 2. The summed E-state index contributed by atoms with van der Waals surface area (Å²) in [6.07, 6.45) is 5.63. The van der Waals surface area contributed by atoms with Crippen LogP contribution >= 0.6 is 0 Å². The van der Waals surface area contributed by atoms with Crippen LogP contribution in [0.15, 0.2) is 86.7 Å². The summed E-state index contributed by atoms with van der Waals surface area (Å²) in [6.45, 7) is 12.0. The van der Waals surface area contributed by atoms with Crippen molar-refractivity contribution in [2.24, 2.45) is 20.0 Å². The molecule has 9 nitrogen and oxygen atoms in total. The molecular formula is C35H45N7O2. The summed E-state index contributed by atoms with van der Waals surface area (Å²) in [4.78, 5) is 28.6. The molecule has 0 atom stereocenters. The van der Waals surface area contributed by atoms with Crippen molar-refractivity contribution >= 4 is 23.9 Å². The van der Waals surface area contributed by atoms with Crippen molar-refractivity contribution in [3.05, 3.63) is 89.2 Å². The van der Waals surface area contributed by atoms with Crippen LogP contribution in [0.3, 0.4) is 0 Å². The summed E-state index contributed by atoms with van der Waals surface area (Å²) < 4.78 is 0. The summed E-state index contributed by atoms with van der Waals surface area (Å²) in [5.41, 5.74) is 5.08. The van der Waals surface area contributed by atoms with Crippen LogP contribution in [-0.2, 0) is 0 Å². The lowest BCUT2D eigenvalue weighted by molar-refractivity contribution is 0.254. The monoisotopic (exact) mass is 595 g/mol. The average molecular weight is 596 g/mol. The number of aromatic hydroxyl groups is 2. The Kier molecular flexibility index (Phi) is 13.2. The fraction of sp³-hybridized carbons (Fsp3) is 0.400. The lowest BCUT2D eigenvalue weighted by Gasteiger charge is -2.23. The van der Waals surface area contributed by atoms with E-state index in [-0.39, 0.29) is 11.5 Å². The van der Waals surface area contributed by atoms with Crippen molar-refractivity contribution in [3.63, 3.8) is 0 Å². The molecule has 1 aromatic heterocycles. The Labute approximate surface area is 261 Å². The smallest absolute Gasteiger partial charge is 0.124 e. The molecule has 44 heavy (non-hydrogen) atoms. The van der Waals surface area contributed by atoms with Crippen LogP contribution in [0, 0.1) is 0 Å². The Bertz CT molecular complexity index is 1350. The van der Waals surface area contributed by atoms with Gasteiger partial charge in [-0.2, -0.15) is 0 Å². The summed E-state index contributed by atoms with van der Waals surface area (Å²) in [5.74, 6) is 0.488. The van der Waals surface area contributed by atoms with Gasteiger partial charge in [-0.1, -0.05) is 30.3 Å². The molecule has 0 spiro atoms. The lowest BCUT2D eigenvalue weighted by Crippen LogP contribution is -2.33. The molecule has 4 rings (SSSR count). The lowest BCUT2D eigenvalue weighted by atomic mass is 10.2. The third kappa shape index (κ3) is 10.8. The van der Waals surface area contributed by atoms with Crippen molar-refractivity contribution in [2.75, 3.05) is 65.4 Å². The molecule has 2 N–H and O–H groups in total. The molecule has 2 aromatic carbocycles. The summed E-state index contributed by atoms with van der Waals surface area (Å²) in [5, 5.41) is 20.0. The van der Waals surface area contributed by atoms with Crippen molar-refractivity contribution in [1.82, 2.24) is 14.8 Å². The molecule has 0 saturated carbocycles. The summed E-state index contributed by atoms with van der Waals surface area (Å²) >= 11 is 0. The Balaban J connectivity index is 1.42. The van der Waals surface area contributed by atoms with Gasteiger partial charge >= 0.3 is 0 Å². The number of para-hydroxylation sites is 2. The first-order valence-corrected chi connectivity index (χ1v) is 15.5. The Morgan fingerprint density at radius 2 is 1.09 bits per heavy atom. The molecule has 9 heteroatoms. The maximum atomic E-state index is 10.0. The third-order valence-electron chi connectivity index (χ3n) is 7.64. The van der Waals surface area contributed by atoms with Gasteiger partial charge in [0.1, 0.15) is 11.5 Å². The Morgan fingerprint density at radius 3 is 1.55 bits per heavy atom. The Morgan fingerprint density at radius 1 is 0.636 bits per heavy atom. The zero-order valence-corrected chi connectivity index (χ0v) is 26.0. The van der Waals surface area contributed by atoms with Gasteiger partial charge < -0.3 is 10.2 Å². The molecular weight excluding hydrogens is 550 g/mol. The van der Waals surface area contributed by atoms with E-state index in [1.807, 2.05) is 68.4 Å². The van der Waals surface area contributed by atoms with Gasteiger partial charge in [0.2, 0.25) is 0 Å². The van der Waals surface area contributed by atoms with Gasteiger partial charge in [-0.15, -0.1) is 0 Å². The first-order chi connectivity index (χ1) is 21.5. The van der Waals surface area contributed by atoms with Crippen LogP contribution in [0.25, 0.3) is 0 Å². The molecule has 0 amide bonds. The first kappa shape index (κ1) is 32.7. The minimum Gasteiger partial charge on any atom is -0.507 e. The second-order valence-electron chi connectivity index (χ2n) is 10.9. The van der Waals surface area contributed by atoms with E-state index in [0.29, 0.717) is 26.2 Å². The van der Waals surface area contributed by atoms with Crippen LogP contribution in [-0.4, -0.2) is 114 Å². The highest BCUT2D eigenvalue weighted by molar-refractivity contribution is 6.00. The fourth-order valence-electron chi connectivity index (χ4n) is 4.98. The zero-order valence-electron chi connectivity index (χ0n) is 26.0. The van der Waals surface area contributed by atoms with E-state index in [1.165, 1.54) is 0 Å². The van der Waals surface area contributed by atoms with E-state index >= 15 is 0 Å². The van der Waals surface area contributed by atoms with E-state index in [4.69, 9.17) is 15.0 Å². The maximum absolute atomic E-state index is 10.0. The molecule has 0 unspecified atom stereocenters. The second-order valence-corrected chi connectivity index (χ2v) is 10.9. The first-order valence-electron chi connectivity index (χ1n) is 15.5. The van der Waals surface area contributed by atoms with Crippen LogP contribution in [0.4, 0.5) is 0 Å². The van der Waals surface area contributed by atoms with Gasteiger partial charge in [0, 0.05) is 49.7 Å². The van der Waals surface area contributed by atoms with Crippen LogP contribution in [0.1, 0.15) is 49.2 Å². The number of hydrogen-bond donors (Lipinski definition) is 2. The van der Waals surface area contributed by atoms with Crippen molar-refractivity contribution < 1.29 is 10.2 Å². The van der Waals surface area contributed by atoms with Gasteiger partial charge in [-0.25, -0.2) is 4.98 Å². The molecule has 0 radical (unpaired) electrons. The van der Waals surface area contributed by atoms with Crippen molar-refractivity contribution in [3.8, 4) is 11.5 Å². The highest BCUT2D eigenvalue weighted by Crippen LogP contribution is 2.14.